The maximum atomic E-state index is 6.46. The van der Waals surface area contributed by atoms with Crippen LogP contribution in [0.1, 0.15) is 207 Å². The molecule has 0 amide bonds. The van der Waals surface area contributed by atoms with Crippen molar-refractivity contribution in [2.45, 2.75) is 213 Å². The maximum Gasteiger partial charge on any atom is 0.500 e. The summed E-state index contributed by atoms with van der Waals surface area (Å²) in [5.74, 6) is 0.867. The number of rotatable bonds is 37. The number of hydrogen-bond donors (Lipinski definition) is 1. The molecule has 0 unspecified atom stereocenters. The molecule has 5 heteroatoms. The Morgan fingerprint density at radius 3 is 0.905 bits per heavy atom. The van der Waals surface area contributed by atoms with Crippen LogP contribution in [-0.4, -0.2) is 34.4 Å². The molecular formula is C37H78O3SSi. The molecule has 0 aliphatic heterocycles. The van der Waals surface area contributed by atoms with E-state index in [2.05, 4.69) is 33.4 Å². The Kier molecular flexibility index (Phi) is 36.3. The third-order valence-electron chi connectivity index (χ3n) is 8.65. The summed E-state index contributed by atoms with van der Waals surface area (Å²) in [5.41, 5.74) is 0. The van der Waals surface area contributed by atoms with E-state index in [0.29, 0.717) is 6.61 Å². The highest BCUT2D eigenvalue weighted by molar-refractivity contribution is 7.80. The molecule has 0 N–H and O–H groups in total. The minimum atomic E-state index is -2.58. The highest BCUT2D eigenvalue weighted by atomic mass is 32.1. The SMILES string of the molecule is CCCCCCCCCCCCCCCCO[Si](CCCS)(OCC)OCCCCCCCCCCCCCCCC. The van der Waals surface area contributed by atoms with E-state index in [1.807, 2.05) is 0 Å². The van der Waals surface area contributed by atoms with E-state index in [-0.39, 0.29) is 0 Å². The van der Waals surface area contributed by atoms with Gasteiger partial charge >= 0.3 is 8.80 Å². The molecule has 0 heterocycles. The minimum Gasteiger partial charge on any atom is -0.374 e. The normalized spacial score (nSPS) is 12.0. The van der Waals surface area contributed by atoms with Crippen LogP contribution in [0.3, 0.4) is 0 Å². The van der Waals surface area contributed by atoms with Gasteiger partial charge in [0, 0.05) is 25.9 Å². The number of unbranched alkanes of at least 4 members (excludes halogenated alkanes) is 26. The predicted octanol–water partition coefficient (Wildman–Crippen LogP) is 13.3. The Morgan fingerprint density at radius 2 is 0.643 bits per heavy atom. The van der Waals surface area contributed by atoms with Crippen LogP contribution in [0.5, 0.6) is 0 Å². The molecule has 0 saturated heterocycles. The third kappa shape index (κ3) is 30.5. The van der Waals surface area contributed by atoms with Crippen molar-refractivity contribution >= 4 is 21.4 Å². The molecule has 42 heavy (non-hydrogen) atoms. The van der Waals surface area contributed by atoms with Gasteiger partial charge in [-0.15, -0.1) is 0 Å². The van der Waals surface area contributed by atoms with Crippen LogP contribution in [0, 0.1) is 0 Å². The van der Waals surface area contributed by atoms with E-state index >= 15 is 0 Å². The van der Waals surface area contributed by atoms with E-state index in [1.54, 1.807) is 0 Å². The minimum absolute atomic E-state index is 0.677. The zero-order chi connectivity index (χ0) is 30.7. The fraction of sp³-hybridized carbons (Fsp3) is 1.00. The van der Waals surface area contributed by atoms with Gasteiger partial charge in [0.25, 0.3) is 0 Å². The molecule has 3 nitrogen and oxygen atoms in total. The average molecular weight is 631 g/mol. The fourth-order valence-electron chi connectivity index (χ4n) is 5.91. The van der Waals surface area contributed by atoms with Gasteiger partial charge in [-0.05, 0) is 31.9 Å². The van der Waals surface area contributed by atoms with E-state index in [4.69, 9.17) is 13.3 Å². The lowest BCUT2D eigenvalue weighted by molar-refractivity contribution is 0.0602. The van der Waals surface area contributed by atoms with E-state index in [0.717, 1.165) is 44.3 Å². The monoisotopic (exact) mass is 631 g/mol. The molecule has 0 bridgehead atoms. The van der Waals surface area contributed by atoms with Gasteiger partial charge in [-0.25, -0.2) is 0 Å². The zero-order valence-corrected chi connectivity index (χ0v) is 31.1. The van der Waals surface area contributed by atoms with Gasteiger partial charge in [0.1, 0.15) is 0 Å². The van der Waals surface area contributed by atoms with Crippen LogP contribution in [0.15, 0.2) is 0 Å². The van der Waals surface area contributed by atoms with Crippen molar-refractivity contribution < 1.29 is 13.3 Å². The summed E-state index contributed by atoms with van der Waals surface area (Å²) in [5, 5.41) is 0. The molecule has 0 rings (SSSR count). The predicted molar refractivity (Wildman–Crippen MR) is 193 cm³/mol. The summed E-state index contributed by atoms with van der Waals surface area (Å²) in [6.45, 7) is 8.92. The van der Waals surface area contributed by atoms with Crippen molar-refractivity contribution in [3.8, 4) is 0 Å². The number of hydrogen-bond acceptors (Lipinski definition) is 4. The van der Waals surface area contributed by atoms with Crippen LogP contribution in [0.2, 0.25) is 6.04 Å². The van der Waals surface area contributed by atoms with Gasteiger partial charge in [-0.1, -0.05) is 181 Å². The summed E-state index contributed by atoms with van der Waals surface area (Å²) in [4.78, 5) is 0. The Morgan fingerprint density at radius 1 is 0.357 bits per heavy atom. The molecule has 0 atom stereocenters. The maximum absolute atomic E-state index is 6.46. The summed E-state index contributed by atoms with van der Waals surface area (Å²) < 4.78 is 19.1. The van der Waals surface area contributed by atoms with Crippen molar-refractivity contribution in [3.63, 3.8) is 0 Å². The zero-order valence-electron chi connectivity index (χ0n) is 29.2. The molecule has 0 aliphatic carbocycles. The van der Waals surface area contributed by atoms with Gasteiger partial charge in [0.05, 0.1) is 0 Å². The Bertz CT molecular complexity index is 460. The highest BCUT2D eigenvalue weighted by Crippen LogP contribution is 2.21. The van der Waals surface area contributed by atoms with Gasteiger partial charge in [0.15, 0.2) is 0 Å². The largest absolute Gasteiger partial charge is 0.500 e. The molecule has 0 fully saturated rings. The molecule has 0 aromatic heterocycles. The lowest BCUT2D eigenvalue weighted by Crippen LogP contribution is -2.46. The van der Waals surface area contributed by atoms with Crippen LogP contribution in [0.4, 0.5) is 0 Å². The molecule has 0 aliphatic rings. The highest BCUT2D eigenvalue weighted by Gasteiger charge is 2.40. The summed E-state index contributed by atoms with van der Waals surface area (Å²) in [7, 11) is -2.58. The van der Waals surface area contributed by atoms with E-state index in [9.17, 15) is 0 Å². The van der Waals surface area contributed by atoms with Crippen molar-refractivity contribution in [1.29, 1.82) is 0 Å². The van der Waals surface area contributed by atoms with Gasteiger partial charge < -0.3 is 13.3 Å². The first-order chi connectivity index (χ1) is 20.7. The second-order valence-corrected chi connectivity index (χ2v) is 16.0. The summed E-state index contributed by atoms with van der Waals surface area (Å²) in [6, 6.07) is 0.904. The Labute approximate surface area is 272 Å². The van der Waals surface area contributed by atoms with Crippen molar-refractivity contribution in [2.75, 3.05) is 25.6 Å². The number of thiol groups is 1. The molecule has 0 spiro atoms. The smallest absolute Gasteiger partial charge is 0.374 e. The van der Waals surface area contributed by atoms with E-state index in [1.165, 1.54) is 167 Å². The van der Waals surface area contributed by atoms with Crippen LogP contribution in [0.25, 0.3) is 0 Å². The summed E-state index contributed by atoms with van der Waals surface area (Å²) in [6.07, 6.45) is 39.7. The topological polar surface area (TPSA) is 27.7 Å². The van der Waals surface area contributed by atoms with Crippen molar-refractivity contribution in [1.82, 2.24) is 0 Å². The molecule has 0 aromatic carbocycles. The first kappa shape index (κ1) is 42.4. The van der Waals surface area contributed by atoms with E-state index < -0.39 is 8.80 Å². The van der Waals surface area contributed by atoms with Gasteiger partial charge in [-0.2, -0.15) is 12.6 Å². The average Bonchev–Trinajstić information content (AvgIpc) is 3.00. The first-order valence-electron chi connectivity index (χ1n) is 19.3. The van der Waals surface area contributed by atoms with Crippen molar-refractivity contribution in [2.24, 2.45) is 0 Å². The molecule has 0 saturated carbocycles. The summed E-state index contributed by atoms with van der Waals surface area (Å²) >= 11 is 4.46. The van der Waals surface area contributed by atoms with Gasteiger partial charge in [-0.3, -0.25) is 0 Å². The van der Waals surface area contributed by atoms with Crippen LogP contribution < -0.4 is 0 Å². The molecular weight excluding hydrogens is 553 g/mol. The third-order valence-corrected chi connectivity index (χ3v) is 11.9. The van der Waals surface area contributed by atoms with Gasteiger partial charge in [0.2, 0.25) is 0 Å². The Hall–Kier alpha value is 0.447. The first-order valence-corrected chi connectivity index (χ1v) is 21.8. The lowest BCUT2D eigenvalue weighted by Gasteiger charge is -2.29. The fourth-order valence-corrected chi connectivity index (χ4v) is 9.00. The van der Waals surface area contributed by atoms with Crippen LogP contribution in [-0.2, 0) is 13.3 Å². The lowest BCUT2D eigenvalue weighted by atomic mass is 10.0. The molecule has 254 valence electrons. The standard InChI is InChI=1S/C37H78O3SSi/c1-4-7-9-11-13-15-17-19-21-23-25-27-29-31-34-39-42(38-6-3,37-33-36-41)40-35-32-30-28-26-24-22-20-18-16-14-12-10-8-5-2/h41H,4-37H2,1-3H3. The second-order valence-electron chi connectivity index (χ2n) is 12.8. The second kappa shape index (κ2) is 35.9. The quantitative estimate of drug-likeness (QED) is 0.0420. The van der Waals surface area contributed by atoms with Crippen LogP contribution >= 0.6 is 12.6 Å². The Balaban J connectivity index is 3.85. The molecule has 0 aromatic rings. The van der Waals surface area contributed by atoms with Crippen molar-refractivity contribution in [3.05, 3.63) is 0 Å². The molecule has 0 radical (unpaired) electrons.